The summed E-state index contributed by atoms with van der Waals surface area (Å²) in [6, 6.07) is 0. The van der Waals surface area contributed by atoms with E-state index in [0.29, 0.717) is 19.3 Å². The van der Waals surface area contributed by atoms with E-state index in [1.807, 2.05) is 20.8 Å². The van der Waals surface area contributed by atoms with Crippen LogP contribution in [0.1, 0.15) is 67.7 Å². The second-order valence-corrected chi connectivity index (χ2v) is 7.08. The Hall–Kier alpha value is -0.486. The fourth-order valence-corrected chi connectivity index (χ4v) is 2.38. The quantitative estimate of drug-likeness (QED) is 0.409. The van der Waals surface area contributed by atoms with Gasteiger partial charge in [-0.1, -0.05) is 20.8 Å². The van der Waals surface area contributed by atoms with Gasteiger partial charge in [0.2, 0.25) is 6.79 Å². The first kappa shape index (κ1) is 26.7. The molecule has 2 atom stereocenters. The van der Waals surface area contributed by atoms with Gasteiger partial charge in [-0.3, -0.25) is 14.4 Å². The van der Waals surface area contributed by atoms with Crippen LogP contribution in [-0.4, -0.2) is 31.8 Å². The molecule has 1 radical (unpaired) electrons. The Morgan fingerprint density at radius 2 is 1.12 bits per heavy atom. The molecule has 0 aromatic rings. The smallest absolute Gasteiger partial charge is 0.315 e. The number of hydrogen-bond acceptors (Lipinski definition) is 6. The van der Waals surface area contributed by atoms with Crippen LogP contribution in [0.4, 0.5) is 0 Å². The predicted octanol–water partition coefficient (Wildman–Crippen LogP) is 3.47. The van der Waals surface area contributed by atoms with E-state index in [-0.39, 0.29) is 32.7 Å². The maximum Gasteiger partial charge on any atom is 0.315 e. The van der Waals surface area contributed by atoms with E-state index in [1.54, 1.807) is 27.7 Å². The van der Waals surface area contributed by atoms with Crippen molar-refractivity contribution in [3.8, 4) is 0 Å². The van der Waals surface area contributed by atoms with Gasteiger partial charge in [0, 0.05) is 32.7 Å². The summed E-state index contributed by atoms with van der Waals surface area (Å²) < 4.78 is 15.1. The van der Waals surface area contributed by atoms with Crippen LogP contribution < -0.4 is 0 Å². The zero-order chi connectivity index (χ0) is 19.2. The molecule has 0 aliphatic heterocycles. The minimum absolute atomic E-state index is 0. The molecule has 143 valence electrons. The van der Waals surface area contributed by atoms with Crippen LogP contribution in [0.25, 0.3) is 0 Å². The molecule has 0 N–H and O–H groups in total. The molecular weight excluding hydrogens is 401 g/mol. The average Bonchev–Trinajstić information content (AvgIpc) is 2.58. The molecule has 2 unspecified atom stereocenters. The Morgan fingerprint density at radius 3 is 1.48 bits per heavy atom. The minimum Gasteiger partial charge on any atom is -0.469 e. The molecule has 0 saturated carbocycles. The van der Waals surface area contributed by atoms with Gasteiger partial charge in [-0.25, -0.2) is 0 Å². The number of esters is 3. The van der Waals surface area contributed by atoms with E-state index in [1.165, 1.54) is 7.11 Å². The van der Waals surface area contributed by atoms with Gasteiger partial charge in [-0.15, -0.1) is 0 Å². The van der Waals surface area contributed by atoms with Crippen molar-refractivity contribution in [3.63, 3.8) is 0 Å². The van der Waals surface area contributed by atoms with E-state index in [9.17, 15) is 14.4 Å². The summed E-state index contributed by atoms with van der Waals surface area (Å²) in [5, 5.41) is 0. The van der Waals surface area contributed by atoms with Crippen molar-refractivity contribution in [1.82, 2.24) is 0 Å². The fraction of sp³-hybridized carbons (Fsp3) is 0.833. The van der Waals surface area contributed by atoms with Crippen LogP contribution in [0.15, 0.2) is 0 Å². The maximum absolute atomic E-state index is 12.6. The maximum atomic E-state index is 12.6. The topological polar surface area (TPSA) is 78.9 Å². The number of methoxy groups -OCH3 is 1. The Morgan fingerprint density at radius 1 is 0.720 bits per heavy atom. The van der Waals surface area contributed by atoms with E-state index < -0.39 is 40.9 Å². The van der Waals surface area contributed by atoms with Crippen molar-refractivity contribution in [2.45, 2.75) is 67.7 Å². The molecule has 6 nitrogen and oxygen atoms in total. The summed E-state index contributed by atoms with van der Waals surface area (Å²) in [5.41, 5.74) is -2.74. The Kier molecular flexibility index (Phi) is 11.4. The number of carbonyl (C=O) groups is 3. The van der Waals surface area contributed by atoms with Crippen molar-refractivity contribution in [3.05, 3.63) is 0 Å². The van der Waals surface area contributed by atoms with Gasteiger partial charge in [-0.2, -0.15) is 0 Å². The van der Waals surface area contributed by atoms with E-state index in [2.05, 4.69) is 0 Å². The van der Waals surface area contributed by atoms with Crippen molar-refractivity contribution in [2.24, 2.45) is 16.2 Å². The van der Waals surface area contributed by atoms with Crippen LogP contribution >= 0.6 is 0 Å². The van der Waals surface area contributed by atoms with Gasteiger partial charge in [0.25, 0.3) is 0 Å². The monoisotopic (exact) mass is 433 g/mol. The normalized spacial score (nSPS) is 15.8. The molecule has 0 spiro atoms. The summed E-state index contributed by atoms with van der Waals surface area (Å²) in [6.07, 6.45) is 1.42. The van der Waals surface area contributed by atoms with Gasteiger partial charge >= 0.3 is 17.9 Å². The van der Waals surface area contributed by atoms with Crippen LogP contribution in [0.5, 0.6) is 0 Å². The van der Waals surface area contributed by atoms with Crippen LogP contribution in [0.3, 0.4) is 0 Å². The molecule has 0 rings (SSSR count). The standard InChI is InChI=1S/C18H32O6.Y/c1-9-16(4,5)13(19)23-12-24-15(21)18(7,11-3)17(6,10-2)14(20)22-8;/h9-12H2,1-8H3;. The molecule has 0 aromatic heterocycles. The molecule has 0 heterocycles. The zero-order valence-corrected chi connectivity index (χ0v) is 19.7. The Balaban J connectivity index is 0. The third kappa shape index (κ3) is 5.75. The Labute approximate surface area is 176 Å². The third-order valence-electron chi connectivity index (χ3n) is 5.53. The van der Waals surface area contributed by atoms with Gasteiger partial charge in [0.15, 0.2) is 0 Å². The van der Waals surface area contributed by atoms with Crippen LogP contribution in [0.2, 0.25) is 0 Å². The minimum atomic E-state index is -1.08. The van der Waals surface area contributed by atoms with Crippen LogP contribution in [0, 0.1) is 16.2 Å². The zero-order valence-electron chi connectivity index (χ0n) is 16.9. The Bertz CT molecular complexity index is 476. The fourth-order valence-electron chi connectivity index (χ4n) is 2.38. The average molecular weight is 433 g/mol. The molecule has 0 bridgehead atoms. The van der Waals surface area contributed by atoms with Gasteiger partial charge < -0.3 is 14.2 Å². The number of carbonyl (C=O) groups excluding carboxylic acids is 3. The molecule has 0 aromatic carbocycles. The number of rotatable bonds is 9. The van der Waals surface area contributed by atoms with Crippen molar-refractivity contribution in [2.75, 3.05) is 13.9 Å². The summed E-state index contributed by atoms with van der Waals surface area (Å²) in [5.74, 6) is -1.47. The van der Waals surface area contributed by atoms with Gasteiger partial charge in [0.05, 0.1) is 23.4 Å². The summed E-state index contributed by atoms with van der Waals surface area (Å²) in [7, 11) is 1.30. The van der Waals surface area contributed by atoms with E-state index >= 15 is 0 Å². The summed E-state index contributed by atoms with van der Waals surface area (Å²) in [4.78, 5) is 36.7. The molecule has 0 aliphatic rings. The first-order valence-corrected chi connectivity index (χ1v) is 8.39. The summed E-state index contributed by atoms with van der Waals surface area (Å²) in [6.45, 7) is 11.9. The molecule has 25 heavy (non-hydrogen) atoms. The molecule has 0 aliphatic carbocycles. The van der Waals surface area contributed by atoms with Crippen LogP contribution in [-0.2, 0) is 61.3 Å². The first-order valence-electron chi connectivity index (χ1n) is 8.39. The first-order chi connectivity index (χ1) is 11.0. The van der Waals surface area contributed by atoms with E-state index in [4.69, 9.17) is 14.2 Å². The van der Waals surface area contributed by atoms with Crippen molar-refractivity contribution < 1.29 is 61.3 Å². The van der Waals surface area contributed by atoms with Gasteiger partial charge in [-0.05, 0) is 47.0 Å². The SMILES string of the molecule is CCC(C)(C)C(=O)OCOC(=O)C(C)(CC)C(C)(CC)C(=O)OC.[Y]. The second kappa shape index (κ2) is 10.6. The molecule has 0 fully saturated rings. The number of hydrogen-bond donors (Lipinski definition) is 0. The molecule has 0 saturated heterocycles. The molecular formula is C18H32O6Y. The van der Waals surface area contributed by atoms with Crippen molar-refractivity contribution >= 4 is 17.9 Å². The summed E-state index contributed by atoms with van der Waals surface area (Å²) >= 11 is 0. The van der Waals surface area contributed by atoms with E-state index in [0.717, 1.165) is 0 Å². The van der Waals surface area contributed by atoms with Crippen molar-refractivity contribution in [1.29, 1.82) is 0 Å². The predicted molar refractivity (Wildman–Crippen MR) is 89.9 cm³/mol. The van der Waals surface area contributed by atoms with Gasteiger partial charge in [0.1, 0.15) is 0 Å². The second-order valence-electron chi connectivity index (χ2n) is 7.08. The number of ether oxygens (including phenoxy) is 3. The third-order valence-corrected chi connectivity index (χ3v) is 5.53. The molecule has 0 amide bonds. The largest absolute Gasteiger partial charge is 0.469 e. The molecule has 7 heteroatoms.